The molecular weight excluding hydrogens is 306 g/mol. The summed E-state index contributed by atoms with van der Waals surface area (Å²) in [5.41, 5.74) is 0.693. The number of halogens is 1. The number of rotatable bonds is 2. The molecule has 4 heteroatoms. The first-order chi connectivity index (χ1) is 9.13. The van der Waals surface area contributed by atoms with Crippen LogP contribution in [0.3, 0.4) is 0 Å². The lowest BCUT2D eigenvalue weighted by atomic mass is 9.53. The zero-order chi connectivity index (χ0) is 13.0. The lowest BCUT2D eigenvalue weighted by Gasteiger charge is -2.56. The molecule has 1 aromatic heterocycles. The van der Waals surface area contributed by atoms with Gasteiger partial charge in [0.2, 0.25) is 0 Å². The number of carbonyl (C=O) groups is 1. The van der Waals surface area contributed by atoms with Crippen molar-refractivity contribution in [2.75, 3.05) is 0 Å². The Morgan fingerprint density at radius 2 is 1.79 bits per heavy atom. The predicted octanol–water partition coefficient (Wildman–Crippen LogP) is 3.74. The summed E-state index contributed by atoms with van der Waals surface area (Å²) in [6.07, 6.45) is 9.28. The van der Waals surface area contributed by atoms with Gasteiger partial charge in [-0.25, -0.2) is 0 Å². The monoisotopic (exact) mass is 323 g/mol. The third-order valence-electron chi connectivity index (χ3n) is 5.28. The number of hydrogen-bond acceptors (Lipinski definition) is 2. The smallest absolute Gasteiger partial charge is 0.256 e. The highest BCUT2D eigenvalue weighted by atomic mass is 79.9. The van der Waals surface area contributed by atoms with Crippen molar-refractivity contribution in [3.8, 4) is 0 Å². The van der Waals surface area contributed by atoms with Crippen LogP contribution in [0.5, 0.6) is 0 Å². The maximum atomic E-state index is 12.4. The summed E-state index contributed by atoms with van der Waals surface area (Å²) in [7, 11) is 0. The van der Waals surface area contributed by atoms with E-state index in [-0.39, 0.29) is 11.4 Å². The van der Waals surface area contributed by atoms with Crippen molar-refractivity contribution >= 4 is 21.8 Å². The second-order valence-electron chi connectivity index (χ2n) is 6.76. The molecule has 102 valence electrons. The van der Waals surface area contributed by atoms with Crippen LogP contribution in [0.1, 0.15) is 48.9 Å². The zero-order valence-corrected chi connectivity index (χ0v) is 12.4. The summed E-state index contributed by atoms with van der Waals surface area (Å²) in [6.45, 7) is 0. The van der Waals surface area contributed by atoms with Crippen LogP contribution in [-0.2, 0) is 0 Å². The molecular formula is C15H18BrNO2. The molecule has 4 bridgehead atoms. The van der Waals surface area contributed by atoms with Crippen LogP contribution in [0, 0.1) is 17.8 Å². The van der Waals surface area contributed by atoms with E-state index in [1.165, 1.54) is 38.5 Å². The van der Waals surface area contributed by atoms with Gasteiger partial charge in [-0.2, -0.15) is 0 Å². The van der Waals surface area contributed by atoms with E-state index < -0.39 is 0 Å². The average molecular weight is 324 g/mol. The number of carbonyl (C=O) groups excluding carboxylic acids is 1. The molecule has 0 aliphatic heterocycles. The van der Waals surface area contributed by atoms with Gasteiger partial charge in [0.15, 0.2) is 4.67 Å². The van der Waals surface area contributed by atoms with E-state index in [2.05, 4.69) is 21.2 Å². The highest BCUT2D eigenvalue weighted by molar-refractivity contribution is 9.10. The Labute approximate surface area is 121 Å². The van der Waals surface area contributed by atoms with Gasteiger partial charge in [0.1, 0.15) is 0 Å². The minimum atomic E-state index is 0.0163. The summed E-state index contributed by atoms with van der Waals surface area (Å²) >= 11 is 3.29. The van der Waals surface area contributed by atoms with E-state index in [1.807, 2.05) is 0 Å². The fourth-order valence-electron chi connectivity index (χ4n) is 5.03. The SMILES string of the molecule is O=C(NC12CC3CC(CC(C3)C1)C2)c1ccoc1Br. The molecule has 4 aliphatic rings. The second-order valence-corrected chi connectivity index (χ2v) is 7.48. The molecule has 0 atom stereocenters. The Morgan fingerprint density at radius 3 is 2.26 bits per heavy atom. The van der Waals surface area contributed by atoms with Crippen LogP contribution in [0.25, 0.3) is 0 Å². The van der Waals surface area contributed by atoms with Gasteiger partial charge in [-0.05, 0) is 78.3 Å². The molecule has 4 saturated carbocycles. The normalized spacial score (nSPS) is 39.5. The molecule has 0 spiro atoms. The van der Waals surface area contributed by atoms with Crippen molar-refractivity contribution < 1.29 is 9.21 Å². The molecule has 0 unspecified atom stereocenters. The summed E-state index contributed by atoms with van der Waals surface area (Å²) in [5, 5.41) is 3.34. The van der Waals surface area contributed by atoms with Crippen LogP contribution in [0.4, 0.5) is 0 Å². The molecule has 4 aliphatic carbocycles. The Kier molecular flexibility index (Phi) is 2.60. The molecule has 19 heavy (non-hydrogen) atoms. The molecule has 0 aromatic carbocycles. The molecule has 4 fully saturated rings. The standard InChI is InChI=1S/C15H18BrNO2/c16-13-12(1-2-19-13)14(18)17-15-6-9-3-10(7-15)5-11(4-9)8-15/h1-2,9-11H,3-8H2,(H,17,18). The van der Waals surface area contributed by atoms with Crippen LogP contribution in [0.15, 0.2) is 21.4 Å². The summed E-state index contributed by atoms with van der Waals surface area (Å²) < 4.78 is 5.70. The van der Waals surface area contributed by atoms with E-state index >= 15 is 0 Å². The van der Waals surface area contributed by atoms with Crippen molar-refractivity contribution in [1.29, 1.82) is 0 Å². The quantitative estimate of drug-likeness (QED) is 0.900. The third-order valence-corrected chi connectivity index (χ3v) is 5.89. The van der Waals surface area contributed by atoms with Gasteiger partial charge in [0, 0.05) is 5.54 Å². The Balaban J connectivity index is 1.56. The fourth-order valence-corrected chi connectivity index (χ4v) is 5.45. The van der Waals surface area contributed by atoms with E-state index in [9.17, 15) is 4.79 Å². The first kappa shape index (κ1) is 12.0. The van der Waals surface area contributed by atoms with Crippen LogP contribution < -0.4 is 5.32 Å². The highest BCUT2D eigenvalue weighted by Crippen LogP contribution is 2.55. The van der Waals surface area contributed by atoms with Gasteiger partial charge in [0.25, 0.3) is 5.91 Å². The topological polar surface area (TPSA) is 42.2 Å². The minimum Gasteiger partial charge on any atom is -0.457 e. The molecule has 5 rings (SSSR count). The number of amides is 1. The molecule has 1 heterocycles. The molecule has 1 N–H and O–H groups in total. The molecule has 1 aromatic rings. The highest BCUT2D eigenvalue weighted by Gasteiger charge is 2.51. The Bertz CT molecular complexity index is 487. The number of hydrogen-bond donors (Lipinski definition) is 1. The largest absolute Gasteiger partial charge is 0.457 e. The van der Waals surface area contributed by atoms with E-state index in [0.29, 0.717) is 10.2 Å². The van der Waals surface area contributed by atoms with Crippen LogP contribution in [-0.4, -0.2) is 11.4 Å². The van der Waals surface area contributed by atoms with Gasteiger partial charge in [-0.3, -0.25) is 4.79 Å². The van der Waals surface area contributed by atoms with Crippen molar-refractivity contribution in [3.63, 3.8) is 0 Å². The molecule has 3 nitrogen and oxygen atoms in total. The van der Waals surface area contributed by atoms with Crippen molar-refractivity contribution in [2.24, 2.45) is 17.8 Å². The molecule has 1 amide bonds. The van der Waals surface area contributed by atoms with E-state index in [1.54, 1.807) is 12.3 Å². The maximum absolute atomic E-state index is 12.4. The molecule has 0 saturated heterocycles. The number of nitrogens with one attached hydrogen (secondary N) is 1. The zero-order valence-electron chi connectivity index (χ0n) is 10.8. The Hall–Kier alpha value is -0.770. The van der Waals surface area contributed by atoms with Crippen LogP contribution in [0.2, 0.25) is 0 Å². The first-order valence-electron chi connectivity index (χ1n) is 7.19. The van der Waals surface area contributed by atoms with E-state index in [4.69, 9.17) is 4.42 Å². The van der Waals surface area contributed by atoms with Gasteiger partial charge >= 0.3 is 0 Å². The van der Waals surface area contributed by atoms with Crippen LogP contribution >= 0.6 is 15.9 Å². The van der Waals surface area contributed by atoms with Crippen molar-refractivity contribution in [3.05, 3.63) is 22.6 Å². The maximum Gasteiger partial charge on any atom is 0.256 e. The van der Waals surface area contributed by atoms with E-state index in [0.717, 1.165) is 17.8 Å². The lowest BCUT2D eigenvalue weighted by molar-refractivity contribution is -0.0167. The van der Waals surface area contributed by atoms with Gasteiger partial charge in [0.05, 0.1) is 11.8 Å². The van der Waals surface area contributed by atoms with Crippen molar-refractivity contribution in [1.82, 2.24) is 5.32 Å². The van der Waals surface area contributed by atoms with Crippen molar-refractivity contribution in [2.45, 2.75) is 44.1 Å². The molecule has 0 radical (unpaired) electrons. The minimum absolute atomic E-state index is 0.0163. The Morgan fingerprint density at radius 1 is 1.21 bits per heavy atom. The lowest BCUT2D eigenvalue weighted by Crippen LogP contribution is -2.59. The van der Waals surface area contributed by atoms with Gasteiger partial charge < -0.3 is 9.73 Å². The summed E-state index contributed by atoms with van der Waals surface area (Å²) in [5.74, 6) is 2.56. The second kappa shape index (κ2) is 4.11. The average Bonchev–Trinajstić information content (AvgIpc) is 2.72. The predicted molar refractivity (Wildman–Crippen MR) is 74.8 cm³/mol. The fraction of sp³-hybridized carbons (Fsp3) is 0.667. The summed E-state index contributed by atoms with van der Waals surface area (Å²) in [4.78, 5) is 12.4. The van der Waals surface area contributed by atoms with Gasteiger partial charge in [-0.15, -0.1) is 0 Å². The first-order valence-corrected chi connectivity index (χ1v) is 7.98. The number of furan rings is 1. The third kappa shape index (κ3) is 1.95. The van der Waals surface area contributed by atoms with Gasteiger partial charge in [-0.1, -0.05) is 0 Å². The summed E-state index contributed by atoms with van der Waals surface area (Å²) in [6, 6.07) is 1.74.